The lowest BCUT2D eigenvalue weighted by Gasteiger charge is -1.82. The third kappa shape index (κ3) is 1.61. The van der Waals surface area contributed by atoms with E-state index in [1.54, 1.807) is 0 Å². The first-order valence-corrected chi connectivity index (χ1v) is 2.89. The third-order valence-electron chi connectivity index (χ3n) is 1.12. The molecule has 1 N–H and O–H groups in total. The molecule has 0 radical (unpaired) electrons. The molecule has 1 heterocycles. The molecule has 0 aliphatic rings. The summed E-state index contributed by atoms with van der Waals surface area (Å²) in [6.07, 6.45) is 2.39. The molecule has 0 unspecified atom stereocenters. The molecule has 0 bridgehead atoms. The van der Waals surface area contributed by atoms with Gasteiger partial charge in [0.2, 0.25) is 0 Å². The van der Waals surface area contributed by atoms with E-state index in [0.29, 0.717) is 0 Å². The molecule has 11 heavy (non-hydrogen) atoms. The van der Waals surface area contributed by atoms with E-state index >= 15 is 0 Å². The number of nitrogens with zero attached hydrogens (tertiary/aromatic N) is 1. The molecule has 0 aromatic carbocycles. The van der Waals surface area contributed by atoms with E-state index in [2.05, 4.69) is 4.98 Å². The highest BCUT2D eigenvalue weighted by Gasteiger charge is 2.04. The van der Waals surface area contributed by atoms with Gasteiger partial charge in [-0.3, -0.25) is 9.78 Å². The third-order valence-corrected chi connectivity index (χ3v) is 1.12. The number of carboxylic acid groups (broad SMARTS) is 1. The fraction of sp³-hybridized carbons (Fsp3) is 0. The Morgan fingerprint density at radius 1 is 1.55 bits per heavy atom. The highest BCUT2D eigenvalue weighted by molar-refractivity contribution is 5.86. The van der Waals surface area contributed by atoms with Crippen molar-refractivity contribution in [3.05, 3.63) is 40.3 Å². The maximum Gasteiger partial charge on any atom is 0.341 e. The Morgan fingerprint density at radius 2 is 2.27 bits per heavy atom. The van der Waals surface area contributed by atoms with Crippen LogP contribution in [0.2, 0.25) is 0 Å². The maximum absolute atomic E-state index is 10.8. The molecule has 1 aromatic heterocycles. The molecular formula is C7H5NO3. The van der Waals surface area contributed by atoms with E-state index in [4.69, 9.17) is 5.11 Å². The molecule has 0 spiro atoms. The molecular weight excluding hydrogens is 146 g/mol. The second kappa shape index (κ2) is 2.92. The normalized spacial score (nSPS) is 9.09. The van der Waals surface area contributed by atoms with E-state index in [1.807, 2.05) is 0 Å². The van der Waals surface area contributed by atoms with Gasteiger partial charge in [0.1, 0.15) is 5.56 Å². The average molecular weight is 151 g/mol. The van der Waals surface area contributed by atoms with E-state index in [0.717, 1.165) is 12.3 Å². The summed E-state index contributed by atoms with van der Waals surface area (Å²) < 4.78 is 0. The van der Waals surface area contributed by atoms with Gasteiger partial charge in [-0.05, 0) is 12.1 Å². The lowest BCUT2D eigenvalue weighted by atomic mass is 10.3. The van der Waals surface area contributed by atoms with E-state index in [9.17, 15) is 9.59 Å². The van der Waals surface area contributed by atoms with Gasteiger partial charge in [0.05, 0.1) is 0 Å². The first-order valence-electron chi connectivity index (χ1n) is 2.89. The largest absolute Gasteiger partial charge is 0.477 e. The van der Waals surface area contributed by atoms with Crippen LogP contribution in [0.25, 0.3) is 0 Å². The van der Waals surface area contributed by atoms with Crippen LogP contribution in [-0.2, 0) is 0 Å². The minimum absolute atomic E-state index is 0.310. The topological polar surface area (TPSA) is 67.3 Å². The summed E-state index contributed by atoms with van der Waals surface area (Å²) in [7, 11) is 0. The minimum Gasteiger partial charge on any atom is -0.477 e. The second-order valence-electron chi connectivity index (χ2n) is 1.87. The molecule has 56 valence electrons. The highest BCUT2D eigenvalue weighted by atomic mass is 16.4. The quantitative estimate of drug-likeness (QED) is 0.619. The van der Waals surface area contributed by atoms with Crippen molar-refractivity contribution in [3.63, 3.8) is 0 Å². The van der Waals surface area contributed by atoms with Crippen LogP contribution in [-0.4, -0.2) is 16.1 Å². The summed E-state index contributed by atoms with van der Waals surface area (Å²) in [5, 5.41) is 8.44. The van der Waals surface area contributed by atoms with Crippen LogP contribution in [0.4, 0.5) is 0 Å². The number of carbonyl (C=O) groups is 1. The molecule has 0 fully saturated rings. The number of hydrogen-bond acceptors (Lipinski definition) is 3. The molecule has 0 aliphatic heterocycles. The number of rotatable bonds is 1. The highest BCUT2D eigenvalue weighted by Crippen LogP contribution is 1.84. The van der Waals surface area contributed by atoms with Gasteiger partial charge in [0, 0.05) is 12.4 Å². The summed E-state index contributed by atoms with van der Waals surface area (Å²) in [6, 6.07) is 2.56. The Balaban J connectivity index is 3.41. The Bertz CT molecular complexity index is 335. The summed E-state index contributed by atoms with van der Waals surface area (Å²) in [5.41, 5.74) is -0.843. The predicted octanol–water partition coefficient (Wildman–Crippen LogP) is 0.140. The SMILES string of the molecule is O=C(O)c1cncccc1=O. The van der Waals surface area contributed by atoms with Crippen LogP contribution in [0.5, 0.6) is 0 Å². The smallest absolute Gasteiger partial charge is 0.341 e. The van der Waals surface area contributed by atoms with Crippen molar-refractivity contribution in [2.24, 2.45) is 0 Å². The second-order valence-corrected chi connectivity index (χ2v) is 1.87. The Kier molecular flexibility index (Phi) is 1.96. The molecule has 1 aromatic rings. The van der Waals surface area contributed by atoms with Gasteiger partial charge < -0.3 is 5.11 Å². The Morgan fingerprint density at radius 3 is 2.91 bits per heavy atom. The zero-order valence-corrected chi connectivity index (χ0v) is 5.52. The number of hydrogen-bond donors (Lipinski definition) is 1. The number of aromatic carboxylic acids is 1. The van der Waals surface area contributed by atoms with Crippen molar-refractivity contribution in [1.82, 2.24) is 4.98 Å². The standard InChI is InChI=1S/C7H5NO3/c9-6-2-1-3-8-4-5(6)7(10)11/h1-4H,(H,10,11). The van der Waals surface area contributed by atoms with E-state index in [1.165, 1.54) is 12.3 Å². The average Bonchev–Trinajstić information content (AvgIpc) is 2.13. The van der Waals surface area contributed by atoms with Gasteiger partial charge in [-0.25, -0.2) is 4.79 Å². The molecule has 0 atom stereocenters. The van der Waals surface area contributed by atoms with Crippen molar-refractivity contribution in [3.8, 4) is 0 Å². The van der Waals surface area contributed by atoms with Crippen LogP contribution in [0.1, 0.15) is 10.4 Å². The molecule has 4 heteroatoms. The first kappa shape index (κ1) is 7.40. The lowest BCUT2D eigenvalue weighted by molar-refractivity contribution is 0.0695. The van der Waals surface area contributed by atoms with Crippen molar-refractivity contribution < 1.29 is 9.90 Å². The Hall–Kier alpha value is -1.71. The monoisotopic (exact) mass is 151 g/mol. The van der Waals surface area contributed by atoms with Gasteiger partial charge in [-0.1, -0.05) is 0 Å². The summed E-state index contributed by atoms with van der Waals surface area (Å²) in [5.74, 6) is -1.25. The molecule has 4 nitrogen and oxygen atoms in total. The van der Waals surface area contributed by atoms with Crippen molar-refractivity contribution >= 4 is 5.97 Å². The van der Waals surface area contributed by atoms with Crippen LogP contribution in [0, 0.1) is 0 Å². The van der Waals surface area contributed by atoms with Gasteiger partial charge in [-0.15, -0.1) is 0 Å². The van der Waals surface area contributed by atoms with Gasteiger partial charge in [0.15, 0.2) is 5.43 Å². The lowest BCUT2D eigenvalue weighted by Crippen LogP contribution is -2.10. The van der Waals surface area contributed by atoms with E-state index in [-0.39, 0.29) is 5.56 Å². The summed E-state index contributed by atoms with van der Waals surface area (Å²) in [4.78, 5) is 24.7. The molecule has 0 aliphatic carbocycles. The van der Waals surface area contributed by atoms with Gasteiger partial charge in [0.25, 0.3) is 0 Å². The Labute approximate surface area is 62.1 Å². The van der Waals surface area contributed by atoms with Crippen molar-refractivity contribution in [2.75, 3.05) is 0 Å². The molecule has 0 saturated carbocycles. The van der Waals surface area contributed by atoms with Gasteiger partial charge in [-0.2, -0.15) is 0 Å². The molecule has 0 saturated heterocycles. The minimum atomic E-state index is -1.25. The van der Waals surface area contributed by atoms with Crippen LogP contribution in [0.3, 0.4) is 0 Å². The molecule has 0 amide bonds. The van der Waals surface area contributed by atoms with Crippen LogP contribution < -0.4 is 5.43 Å². The number of carboxylic acids is 1. The van der Waals surface area contributed by atoms with Crippen LogP contribution in [0.15, 0.2) is 29.3 Å². The van der Waals surface area contributed by atoms with Gasteiger partial charge >= 0.3 is 5.97 Å². The van der Waals surface area contributed by atoms with E-state index < -0.39 is 11.4 Å². The maximum atomic E-state index is 10.8. The predicted molar refractivity (Wildman–Crippen MR) is 37.5 cm³/mol. The molecule has 1 rings (SSSR count). The van der Waals surface area contributed by atoms with Crippen molar-refractivity contribution in [2.45, 2.75) is 0 Å². The fourth-order valence-corrected chi connectivity index (χ4v) is 0.612. The zero-order valence-electron chi connectivity index (χ0n) is 5.52. The summed E-state index contributed by atoms with van der Waals surface area (Å²) >= 11 is 0. The fourth-order valence-electron chi connectivity index (χ4n) is 0.612. The summed E-state index contributed by atoms with van der Waals surface area (Å²) in [6.45, 7) is 0. The number of aromatic nitrogens is 1. The zero-order chi connectivity index (χ0) is 8.27. The van der Waals surface area contributed by atoms with Crippen molar-refractivity contribution in [1.29, 1.82) is 0 Å². The first-order chi connectivity index (χ1) is 5.22. The van der Waals surface area contributed by atoms with Crippen LogP contribution >= 0.6 is 0 Å².